The largest absolute Gasteiger partial charge is 0.477 e. The van der Waals surface area contributed by atoms with Gasteiger partial charge in [0.1, 0.15) is 4.88 Å². The fourth-order valence-electron chi connectivity index (χ4n) is 1.35. The quantitative estimate of drug-likeness (QED) is 0.804. The number of hydrogen-bond acceptors (Lipinski definition) is 4. The molecule has 0 saturated carbocycles. The SMILES string of the molecule is C#CCN(CCC)S(=O)(=O)c1csc(C(=O)O)c1. The highest BCUT2D eigenvalue weighted by molar-refractivity contribution is 7.89. The number of hydrogen-bond donors (Lipinski definition) is 1. The zero-order chi connectivity index (χ0) is 13.8. The number of carboxylic acids is 1. The summed E-state index contributed by atoms with van der Waals surface area (Å²) in [6, 6.07) is 1.15. The molecule has 98 valence electrons. The van der Waals surface area contributed by atoms with Gasteiger partial charge in [-0.25, -0.2) is 13.2 Å². The minimum absolute atomic E-state index is 0.00858. The third-order valence-electron chi connectivity index (χ3n) is 2.16. The number of nitrogens with zero attached hydrogens (tertiary/aromatic N) is 1. The monoisotopic (exact) mass is 287 g/mol. The molecule has 5 nitrogen and oxygen atoms in total. The first kappa shape index (κ1) is 14.7. The molecule has 1 rings (SSSR count). The third-order valence-corrected chi connectivity index (χ3v) is 5.05. The summed E-state index contributed by atoms with van der Waals surface area (Å²) in [7, 11) is -3.70. The Balaban J connectivity index is 3.10. The zero-order valence-corrected chi connectivity index (χ0v) is 11.4. The van der Waals surface area contributed by atoms with Crippen LogP contribution in [0.4, 0.5) is 0 Å². The van der Waals surface area contributed by atoms with Crippen LogP contribution in [0.2, 0.25) is 0 Å². The van der Waals surface area contributed by atoms with Crippen molar-refractivity contribution in [2.75, 3.05) is 13.1 Å². The van der Waals surface area contributed by atoms with E-state index in [-0.39, 0.29) is 16.3 Å². The Morgan fingerprint density at radius 3 is 2.72 bits per heavy atom. The molecule has 1 aromatic rings. The summed E-state index contributed by atoms with van der Waals surface area (Å²) >= 11 is 0.881. The second-order valence-electron chi connectivity index (χ2n) is 3.49. The van der Waals surface area contributed by atoms with E-state index in [1.165, 1.54) is 9.69 Å². The fraction of sp³-hybridized carbons (Fsp3) is 0.364. The van der Waals surface area contributed by atoms with E-state index < -0.39 is 16.0 Å². The molecule has 0 radical (unpaired) electrons. The summed E-state index contributed by atoms with van der Waals surface area (Å²) in [5.74, 6) is 1.15. The minimum Gasteiger partial charge on any atom is -0.477 e. The maximum absolute atomic E-state index is 12.2. The summed E-state index contributed by atoms with van der Waals surface area (Å²) in [4.78, 5) is 10.7. The number of carbonyl (C=O) groups is 1. The van der Waals surface area contributed by atoms with Gasteiger partial charge in [-0.15, -0.1) is 17.8 Å². The van der Waals surface area contributed by atoms with Gasteiger partial charge in [0.05, 0.1) is 11.4 Å². The smallest absolute Gasteiger partial charge is 0.345 e. The van der Waals surface area contributed by atoms with Crippen LogP contribution in [0.25, 0.3) is 0 Å². The molecule has 7 heteroatoms. The predicted molar refractivity (Wildman–Crippen MR) is 69.2 cm³/mol. The second kappa shape index (κ2) is 6.00. The lowest BCUT2D eigenvalue weighted by molar-refractivity contribution is 0.0702. The van der Waals surface area contributed by atoms with Gasteiger partial charge in [-0.1, -0.05) is 12.8 Å². The van der Waals surface area contributed by atoms with Crippen LogP contribution in [0.1, 0.15) is 23.0 Å². The van der Waals surface area contributed by atoms with Crippen molar-refractivity contribution < 1.29 is 18.3 Å². The molecule has 1 heterocycles. The van der Waals surface area contributed by atoms with Gasteiger partial charge in [0.2, 0.25) is 10.0 Å². The number of aromatic carboxylic acids is 1. The van der Waals surface area contributed by atoms with Crippen molar-refractivity contribution in [1.29, 1.82) is 0 Å². The van der Waals surface area contributed by atoms with Crippen LogP contribution >= 0.6 is 11.3 Å². The fourth-order valence-corrected chi connectivity index (χ4v) is 3.90. The molecular formula is C11H13NO4S2. The summed E-state index contributed by atoms with van der Waals surface area (Å²) in [6.45, 7) is 2.13. The lowest BCUT2D eigenvalue weighted by Gasteiger charge is -2.17. The van der Waals surface area contributed by atoms with Crippen molar-refractivity contribution in [2.24, 2.45) is 0 Å². The number of carboxylic acid groups (broad SMARTS) is 1. The first-order valence-electron chi connectivity index (χ1n) is 5.19. The van der Waals surface area contributed by atoms with Crippen LogP contribution in [0.15, 0.2) is 16.3 Å². The molecule has 0 aromatic carbocycles. The molecule has 1 N–H and O–H groups in total. The van der Waals surface area contributed by atoms with Crippen molar-refractivity contribution in [3.05, 3.63) is 16.3 Å². The highest BCUT2D eigenvalue weighted by Gasteiger charge is 2.25. The van der Waals surface area contributed by atoms with Gasteiger partial charge in [0.15, 0.2) is 0 Å². The van der Waals surface area contributed by atoms with Crippen molar-refractivity contribution in [3.8, 4) is 12.3 Å². The van der Waals surface area contributed by atoms with E-state index in [0.29, 0.717) is 13.0 Å². The molecule has 0 aliphatic carbocycles. The average Bonchev–Trinajstić information content (AvgIpc) is 2.78. The molecule has 0 atom stereocenters. The van der Waals surface area contributed by atoms with Gasteiger partial charge >= 0.3 is 5.97 Å². The Bertz CT molecular complexity index is 568. The van der Waals surface area contributed by atoms with Crippen molar-refractivity contribution in [3.63, 3.8) is 0 Å². The lowest BCUT2D eigenvalue weighted by atomic mass is 10.5. The normalized spacial score (nSPS) is 11.4. The zero-order valence-electron chi connectivity index (χ0n) is 9.79. The number of sulfonamides is 1. The van der Waals surface area contributed by atoms with Crippen LogP contribution in [0, 0.1) is 12.3 Å². The van der Waals surface area contributed by atoms with E-state index in [0.717, 1.165) is 17.4 Å². The molecule has 0 spiro atoms. The van der Waals surface area contributed by atoms with Gasteiger partial charge in [0.25, 0.3) is 0 Å². The Hall–Kier alpha value is -1.36. The number of rotatable bonds is 6. The van der Waals surface area contributed by atoms with Crippen LogP contribution in [0.5, 0.6) is 0 Å². The van der Waals surface area contributed by atoms with Crippen LogP contribution in [-0.4, -0.2) is 36.9 Å². The van der Waals surface area contributed by atoms with Crippen molar-refractivity contribution >= 4 is 27.3 Å². The van der Waals surface area contributed by atoms with Crippen molar-refractivity contribution in [1.82, 2.24) is 4.31 Å². The summed E-state index contributed by atoms with van der Waals surface area (Å²) < 4.78 is 25.6. The van der Waals surface area contributed by atoms with E-state index >= 15 is 0 Å². The molecule has 0 amide bonds. The summed E-state index contributed by atoms with van der Waals surface area (Å²) in [6.07, 6.45) is 5.78. The summed E-state index contributed by atoms with van der Waals surface area (Å²) in [5.41, 5.74) is 0. The van der Waals surface area contributed by atoms with E-state index in [2.05, 4.69) is 5.92 Å². The Kier molecular flexibility index (Phi) is 4.90. The average molecular weight is 287 g/mol. The van der Waals surface area contributed by atoms with Gasteiger partial charge in [-0.05, 0) is 12.5 Å². The molecule has 0 fully saturated rings. The lowest BCUT2D eigenvalue weighted by Crippen LogP contribution is -2.32. The molecule has 0 saturated heterocycles. The van der Waals surface area contributed by atoms with Crippen molar-refractivity contribution in [2.45, 2.75) is 18.2 Å². The highest BCUT2D eigenvalue weighted by atomic mass is 32.2. The van der Waals surface area contributed by atoms with E-state index in [4.69, 9.17) is 11.5 Å². The van der Waals surface area contributed by atoms with Crippen LogP contribution in [0.3, 0.4) is 0 Å². The van der Waals surface area contributed by atoms with Gasteiger partial charge in [-0.2, -0.15) is 4.31 Å². The molecule has 0 unspecified atom stereocenters. The second-order valence-corrected chi connectivity index (χ2v) is 6.34. The summed E-state index contributed by atoms with van der Waals surface area (Å²) in [5, 5.41) is 10.1. The Labute approximate surface area is 110 Å². The van der Waals surface area contributed by atoms with Gasteiger partial charge < -0.3 is 5.11 Å². The predicted octanol–water partition coefficient (Wildman–Crippen LogP) is 1.48. The van der Waals surface area contributed by atoms with Crippen LogP contribution in [-0.2, 0) is 10.0 Å². The molecular weight excluding hydrogens is 274 g/mol. The van der Waals surface area contributed by atoms with E-state index in [1.807, 2.05) is 6.92 Å². The van der Waals surface area contributed by atoms with E-state index in [9.17, 15) is 13.2 Å². The Morgan fingerprint density at radius 1 is 1.61 bits per heavy atom. The third kappa shape index (κ3) is 3.10. The minimum atomic E-state index is -3.70. The maximum atomic E-state index is 12.2. The Morgan fingerprint density at radius 2 is 2.28 bits per heavy atom. The van der Waals surface area contributed by atoms with Crippen LogP contribution < -0.4 is 0 Å². The first-order chi connectivity index (χ1) is 8.43. The first-order valence-corrected chi connectivity index (χ1v) is 7.51. The maximum Gasteiger partial charge on any atom is 0.345 e. The molecule has 18 heavy (non-hydrogen) atoms. The topological polar surface area (TPSA) is 74.7 Å². The van der Waals surface area contributed by atoms with Gasteiger partial charge in [0, 0.05) is 11.9 Å². The molecule has 0 aliphatic heterocycles. The van der Waals surface area contributed by atoms with Gasteiger partial charge in [-0.3, -0.25) is 0 Å². The highest BCUT2D eigenvalue weighted by Crippen LogP contribution is 2.22. The standard InChI is InChI=1S/C11H13NO4S2/c1-3-5-12(6-4-2)18(15,16)9-7-10(11(13)14)17-8-9/h1,7-8H,4-6H2,2H3,(H,13,14). The number of thiophene rings is 1. The molecule has 0 aliphatic rings. The molecule has 1 aromatic heterocycles. The number of terminal acetylenes is 1. The van der Waals surface area contributed by atoms with E-state index in [1.54, 1.807) is 0 Å². The molecule has 0 bridgehead atoms.